The molecule has 0 bridgehead atoms. The van der Waals surface area contributed by atoms with E-state index in [4.69, 9.17) is 9.72 Å². The summed E-state index contributed by atoms with van der Waals surface area (Å²) in [5.74, 6) is 1.20. The molecule has 178 valence electrons. The zero-order valence-electron chi connectivity index (χ0n) is 19.9. The molecule has 1 atom stereocenters. The van der Waals surface area contributed by atoms with E-state index in [-0.39, 0.29) is 18.4 Å². The van der Waals surface area contributed by atoms with Gasteiger partial charge in [-0.15, -0.1) is 0 Å². The smallest absolute Gasteiger partial charge is 0.265 e. The summed E-state index contributed by atoms with van der Waals surface area (Å²) in [7, 11) is 2.04. The molecule has 7 nitrogen and oxygen atoms in total. The lowest BCUT2D eigenvalue weighted by Gasteiger charge is -2.34. The molecule has 4 aromatic rings. The number of ether oxygens (including phenoxy) is 1. The van der Waals surface area contributed by atoms with Crippen LogP contribution in [0.2, 0.25) is 0 Å². The van der Waals surface area contributed by atoms with Gasteiger partial charge in [0.25, 0.3) is 5.91 Å². The van der Waals surface area contributed by atoms with Gasteiger partial charge < -0.3 is 14.6 Å². The largest absolute Gasteiger partial charge is 0.482 e. The predicted octanol–water partition coefficient (Wildman–Crippen LogP) is 4.50. The van der Waals surface area contributed by atoms with Crippen molar-refractivity contribution in [3.63, 3.8) is 0 Å². The molecule has 2 heterocycles. The zero-order valence-corrected chi connectivity index (χ0v) is 19.9. The average Bonchev–Trinajstić information content (AvgIpc) is 3.20. The first-order chi connectivity index (χ1) is 17.0. The van der Waals surface area contributed by atoms with E-state index in [9.17, 15) is 9.59 Å². The molecule has 3 aromatic carbocycles. The summed E-state index contributed by atoms with van der Waals surface area (Å²) in [6.07, 6.45) is 2.07. The highest BCUT2D eigenvalue weighted by Gasteiger charge is 2.34. The molecule has 0 saturated heterocycles. The number of hydrogen-bond donors (Lipinski definition) is 1. The van der Waals surface area contributed by atoms with E-state index < -0.39 is 6.04 Å². The molecule has 0 saturated carbocycles. The Kier molecular flexibility index (Phi) is 6.23. The van der Waals surface area contributed by atoms with Crippen LogP contribution in [0, 0.1) is 0 Å². The molecule has 0 radical (unpaired) electrons. The Morgan fingerprint density at radius 1 is 1.06 bits per heavy atom. The molecule has 35 heavy (non-hydrogen) atoms. The standard InChI is InChI=1S/C28H28N4O3/c1-3-22(32-24-13-6-7-14-25(24)35-18-27(32)33)28(34)29-20-10-8-9-19(17-20)15-16-26-30-21-11-4-5-12-23(21)31(26)2/h4-14,17,22H,3,15-16,18H2,1-2H3,(H,29,34)/t22-/m1/s1. The number of hydrogen-bond acceptors (Lipinski definition) is 4. The third-order valence-electron chi connectivity index (χ3n) is 6.46. The van der Waals surface area contributed by atoms with Crippen LogP contribution < -0.4 is 15.0 Å². The van der Waals surface area contributed by atoms with Crippen LogP contribution in [0.25, 0.3) is 11.0 Å². The van der Waals surface area contributed by atoms with Crippen molar-refractivity contribution in [2.24, 2.45) is 7.05 Å². The van der Waals surface area contributed by atoms with Gasteiger partial charge in [0, 0.05) is 19.2 Å². The third-order valence-corrected chi connectivity index (χ3v) is 6.46. The van der Waals surface area contributed by atoms with Gasteiger partial charge in [-0.05, 0) is 54.8 Å². The maximum absolute atomic E-state index is 13.3. The van der Waals surface area contributed by atoms with Crippen LogP contribution in [0.4, 0.5) is 11.4 Å². The number of benzene rings is 3. The number of nitrogens with one attached hydrogen (secondary N) is 1. The molecule has 7 heteroatoms. The topological polar surface area (TPSA) is 76.5 Å². The molecule has 1 aliphatic rings. The molecule has 1 N–H and O–H groups in total. The molecule has 5 rings (SSSR count). The van der Waals surface area contributed by atoms with E-state index in [1.54, 1.807) is 4.90 Å². The fourth-order valence-corrected chi connectivity index (χ4v) is 4.65. The first kappa shape index (κ1) is 22.7. The van der Waals surface area contributed by atoms with Crippen LogP contribution in [0.15, 0.2) is 72.8 Å². The number of amides is 2. The van der Waals surface area contributed by atoms with Crippen LogP contribution in [0.5, 0.6) is 5.75 Å². The summed E-state index contributed by atoms with van der Waals surface area (Å²) in [5, 5.41) is 3.02. The lowest BCUT2D eigenvalue weighted by atomic mass is 10.1. The molecule has 0 spiro atoms. The zero-order chi connectivity index (χ0) is 24.4. The fraction of sp³-hybridized carbons (Fsp3) is 0.250. The summed E-state index contributed by atoms with van der Waals surface area (Å²) in [4.78, 5) is 32.3. The quantitative estimate of drug-likeness (QED) is 0.433. The van der Waals surface area contributed by atoms with Crippen molar-refractivity contribution in [2.75, 3.05) is 16.8 Å². The highest BCUT2D eigenvalue weighted by Crippen LogP contribution is 2.34. The monoisotopic (exact) mass is 468 g/mol. The van der Waals surface area contributed by atoms with Gasteiger partial charge in [0.1, 0.15) is 17.6 Å². The Labute approximate surface area is 204 Å². The van der Waals surface area contributed by atoms with Crippen molar-refractivity contribution < 1.29 is 14.3 Å². The van der Waals surface area contributed by atoms with Gasteiger partial charge in [-0.1, -0.05) is 43.3 Å². The normalized spacial score (nSPS) is 13.9. The van der Waals surface area contributed by atoms with Crippen molar-refractivity contribution >= 4 is 34.2 Å². The Bertz CT molecular complexity index is 1390. The number of nitrogens with zero attached hydrogens (tertiary/aromatic N) is 3. The van der Waals surface area contributed by atoms with Crippen molar-refractivity contribution in [2.45, 2.75) is 32.2 Å². The van der Waals surface area contributed by atoms with Gasteiger partial charge in [0.15, 0.2) is 6.61 Å². The van der Waals surface area contributed by atoms with Gasteiger partial charge in [-0.25, -0.2) is 4.98 Å². The highest BCUT2D eigenvalue weighted by molar-refractivity contribution is 6.07. The lowest BCUT2D eigenvalue weighted by molar-refractivity contribution is -0.125. The Morgan fingerprint density at radius 2 is 1.86 bits per heavy atom. The number of carbonyl (C=O) groups is 2. The number of imidazole rings is 1. The second kappa shape index (κ2) is 9.62. The average molecular weight is 469 g/mol. The van der Waals surface area contributed by atoms with Crippen LogP contribution in [0.1, 0.15) is 24.7 Å². The number of rotatable bonds is 7. The molecular weight excluding hydrogens is 440 g/mol. The van der Waals surface area contributed by atoms with Crippen molar-refractivity contribution in [1.29, 1.82) is 0 Å². The van der Waals surface area contributed by atoms with Crippen molar-refractivity contribution in [3.05, 3.63) is 84.2 Å². The van der Waals surface area contributed by atoms with E-state index in [2.05, 4.69) is 22.0 Å². The van der Waals surface area contributed by atoms with Gasteiger partial charge in [-0.3, -0.25) is 14.5 Å². The second-order valence-electron chi connectivity index (χ2n) is 8.71. The minimum Gasteiger partial charge on any atom is -0.482 e. The predicted molar refractivity (Wildman–Crippen MR) is 137 cm³/mol. The van der Waals surface area contributed by atoms with Crippen molar-refractivity contribution in [1.82, 2.24) is 9.55 Å². The van der Waals surface area contributed by atoms with E-state index in [0.29, 0.717) is 23.5 Å². The minimum absolute atomic E-state index is 0.0710. The first-order valence-corrected chi connectivity index (χ1v) is 11.9. The van der Waals surface area contributed by atoms with Gasteiger partial charge in [0.05, 0.1) is 16.7 Å². The number of anilines is 2. The molecule has 1 aromatic heterocycles. The van der Waals surface area contributed by atoms with Crippen LogP contribution >= 0.6 is 0 Å². The van der Waals surface area contributed by atoms with Gasteiger partial charge >= 0.3 is 0 Å². The van der Waals surface area contributed by atoms with E-state index in [1.807, 2.05) is 74.6 Å². The molecule has 0 unspecified atom stereocenters. The summed E-state index contributed by atoms with van der Waals surface area (Å²) in [6, 6.07) is 22.7. The van der Waals surface area contributed by atoms with Crippen LogP contribution in [-0.2, 0) is 29.5 Å². The molecular formula is C28H28N4O3. The minimum atomic E-state index is -0.629. The van der Waals surface area contributed by atoms with E-state index >= 15 is 0 Å². The first-order valence-electron chi connectivity index (χ1n) is 11.9. The van der Waals surface area contributed by atoms with Crippen molar-refractivity contribution in [3.8, 4) is 5.75 Å². The summed E-state index contributed by atoms with van der Waals surface area (Å²) >= 11 is 0. The Balaban J connectivity index is 1.30. The van der Waals surface area contributed by atoms with Crippen LogP contribution in [-0.4, -0.2) is 34.0 Å². The molecule has 0 fully saturated rings. The fourth-order valence-electron chi connectivity index (χ4n) is 4.65. The number of carbonyl (C=O) groups excluding carboxylic acids is 2. The maximum Gasteiger partial charge on any atom is 0.265 e. The molecule has 1 aliphatic heterocycles. The van der Waals surface area contributed by atoms with E-state index in [0.717, 1.165) is 35.3 Å². The van der Waals surface area contributed by atoms with Crippen LogP contribution in [0.3, 0.4) is 0 Å². The Hall–Kier alpha value is -4.13. The van der Waals surface area contributed by atoms with Gasteiger partial charge in [-0.2, -0.15) is 0 Å². The van der Waals surface area contributed by atoms with Gasteiger partial charge in [0.2, 0.25) is 5.91 Å². The maximum atomic E-state index is 13.3. The molecule has 2 amide bonds. The number of aromatic nitrogens is 2. The molecule has 0 aliphatic carbocycles. The lowest BCUT2D eigenvalue weighted by Crippen LogP contribution is -2.51. The summed E-state index contributed by atoms with van der Waals surface area (Å²) in [5.41, 5.74) is 4.56. The third kappa shape index (κ3) is 4.49. The summed E-state index contributed by atoms with van der Waals surface area (Å²) in [6.45, 7) is 1.83. The SMILES string of the molecule is CC[C@H](C(=O)Nc1cccc(CCc2nc3ccccc3n2C)c1)N1C(=O)COc2ccccc21. The Morgan fingerprint density at radius 3 is 2.69 bits per heavy atom. The number of aryl methyl sites for hydroxylation is 3. The van der Waals surface area contributed by atoms with E-state index in [1.165, 1.54) is 0 Å². The number of para-hydroxylation sites is 4. The number of fused-ring (bicyclic) bond motifs is 2. The highest BCUT2D eigenvalue weighted by atomic mass is 16.5. The summed E-state index contributed by atoms with van der Waals surface area (Å²) < 4.78 is 7.66. The second-order valence-corrected chi connectivity index (χ2v) is 8.71.